The molecule has 0 saturated heterocycles. The first kappa shape index (κ1) is 11.4. The van der Waals surface area contributed by atoms with Crippen molar-refractivity contribution in [2.24, 2.45) is 0 Å². The molecule has 0 saturated carbocycles. The molecule has 17 heavy (non-hydrogen) atoms. The second-order valence-electron chi connectivity index (χ2n) is 3.30. The number of nitrogens with one attached hydrogen (secondary N) is 2. The van der Waals surface area contributed by atoms with Gasteiger partial charge in [-0.05, 0) is 24.3 Å². The van der Waals surface area contributed by atoms with Gasteiger partial charge in [0, 0.05) is 16.9 Å². The fraction of sp³-hybridized carbons (Fsp3) is 0. The van der Waals surface area contributed by atoms with Gasteiger partial charge in [-0.2, -0.15) is 0 Å². The molecular weight excluding hydrogens is 238 g/mol. The van der Waals surface area contributed by atoms with E-state index in [0.29, 0.717) is 16.5 Å². The Balaban J connectivity index is 1.98. The predicted octanol–water partition coefficient (Wildman–Crippen LogP) is 3.38. The van der Waals surface area contributed by atoms with E-state index in [4.69, 9.17) is 11.6 Å². The molecule has 0 bridgehead atoms. The number of pyridine rings is 1. The Kier molecular flexibility index (Phi) is 3.57. The summed E-state index contributed by atoms with van der Waals surface area (Å²) >= 11 is 5.78. The monoisotopic (exact) mass is 247 g/mol. The number of hydrogen-bond acceptors (Lipinski definition) is 2. The Morgan fingerprint density at radius 2 is 1.88 bits per heavy atom. The number of carbonyl (C=O) groups is 1. The van der Waals surface area contributed by atoms with E-state index in [1.807, 2.05) is 18.2 Å². The molecule has 0 radical (unpaired) electrons. The van der Waals surface area contributed by atoms with Crippen molar-refractivity contribution >= 4 is 29.1 Å². The number of aromatic nitrogens is 1. The molecule has 2 aromatic rings. The van der Waals surface area contributed by atoms with E-state index < -0.39 is 0 Å². The summed E-state index contributed by atoms with van der Waals surface area (Å²) in [4.78, 5) is 15.6. The van der Waals surface area contributed by atoms with E-state index in [-0.39, 0.29) is 6.03 Å². The van der Waals surface area contributed by atoms with Crippen LogP contribution in [0, 0.1) is 0 Å². The van der Waals surface area contributed by atoms with Crippen LogP contribution in [0.2, 0.25) is 5.02 Å². The summed E-state index contributed by atoms with van der Waals surface area (Å²) in [5.41, 5.74) is 0.715. The predicted molar refractivity (Wildman–Crippen MR) is 68.3 cm³/mol. The van der Waals surface area contributed by atoms with Gasteiger partial charge in [0.05, 0.1) is 0 Å². The summed E-state index contributed by atoms with van der Waals surface area (Å²) in [7, 11) is 0. The lowest BCUT2D eigenvalue weighted by molar-refractivity contribution is 0.262. The van der Waals surface area contributed by atoms with Gasteiger partial charge in [0.15, 0.2) is 0 Å². The number of para-hydroxylation sites is 1. The van der Waals surface area contributed by atoms with Gasteiger partial charge in [-0.15, -0.1) is 0 Å². The number of carbonyl (C=O) groups excluding carboxylic acids is 1. The number of amides is 2. The summed E-state index contributed by atoms with van der Waals surface area (Å²) in [5, 5.41) is 5.79. The highest BCUT2D eigenvalue weighted by Gasteiger charge is 2.03. The molecule has 1 heterocycles. The summed E-state index contributed by atoms with van der Waals surface area (Å²) in [6, 6.07) is 12.0. The van der Waals surface area contributed by atoms with E-state index in [0.717, 1.165) is 0 Å². The van der Waals surface area contributed by atoms with Gasteiger partial charge in [-0.1, -0.05) is 29.8 Å². The van der Waals surface area contributed by atoms with Crippen LogP contribution >= 0.6 is 11.6 Å². The van der Waals surface area contributed by atoms with Crippen LogP contribution in [0.4, 0.5) is 16.3 Å². The van der Waals surface area contributed by atoms with Gasteiger partial charge >= 0.3 is 6.03 Å². The minimum absolute atomic E-state index is 0.356. The molecule has 2 amide bonds. The lowest BCUT2D eigenvalue weighted by Gasteiger charge is -2.06. The number of anilines is 2. The van der Waals surface area contributed by atoms with Crippen molar-refractivity contribution in [3.05, 3.63) is 53.7 Å². The van der Waals surface area contributed by atoms with E-state index in [1.54, 1.807) is 24.3 Å². The van der Waals surface area contributed by atoms with Crippen LogP contribution in [0.5, 0.6) is 0 Å². The van der Waals surface area contributed by atoms with Gasteiger partial charge in [0.1, 0.15) is 5.82 Å². The highest BCUT2D eigenvalue weighted by Crippen LogP contribution is 2.12. The van der Waals surface area contributed by atoms with Gasteiger partial charge in [0.2, 0.25) is 0 Å². The first-order valence-corrected chi connectivity index (χ1v) is 5.36. The molecule has 0 aliphatic rings. The number of urea groups is 1. The molecule has 0 aliphatic heterocycles. The van der Waals surface area contributed by atoms with Crippen molar-refractivity contribution in [3.8, 4) is 0 Å². The summed E-state index contributed by atoms with van der Waals surface area (Å²) in [6.45, 7) is 0. The fourth-order valence-corrected chi connectivity index (χ4v) is 1.43. The normalized spacial score (nSPS) is 9.71. The van der Waals surface area contributed by atoms with Crippen molar-refractivity contribution < 1.29 is 4.79 Å². The minimum Gasteiger partial charge on any atom is -0.308 e. The smallest absolute Gasteiger partial charge is 0.308 e. The van der Waals surface area contributed by atoms with Crippen LogP contribution in [0.25, 0.3) is 0 Å². The number of nitrogens with zero attached hydrogens (tertiary/aromatic N) is 1. The molecule has 0 atom stereocenters. The van der Waals surface area contributed by atoms with Crippen molar-refractivity contribution in [1.29, 1.82) is 0 Å². The van der Waals surface area contributed by atoms with Gasteiger partial charge < -0.3 is 5.32 Å². The molecule has 1 aromatic heterocycles. The second-order valence-corrected chi connectivity index (χ2v) is 3.74. The number of halogens is 1. The summed E-state index contributed by atoms with van der Waals surface area (Å²) in [5.74, 6) is 0.408. The zero-order valence-corrected chi connectivity index (χ0v) is 9.61. The van der Waals surface area contributed by atoms with E-state index in [9.17, 15) is 4.79 Å². The Labute approximate surface area is 104 Å². The third-order valence-electron chi connectivity index (χ3n) is 2.00. The maximum atomic E-state index is 11.6. The molecule has 86 valence electrons. The molecule has 0 unspecified atom stereocenters. The zero-order valence-electron chi connectivity index (χ0n) is 8.85. The Hall–Kier alpha value is -2.07. The number of benzene rings is 1. The quantitative estimate of drug-likeness (QED) is 0.855. The average molecular weight is 248 g/mol. The van der Waals surface area contributed by atoms with Crippen LogP contribution in [0.1, 0.15) is 0 Å². The van der Waals surface area contributed by atoms with Crippen LogP contribution in [-0.2, 0) is 0 Å². The first-order valence-electron chi connectivity index (χ1n) is 4.98. The van der Waals surface area contributed by atoms with Crippen molar-refractivity contribution in [2.75, 3.05) is 10.6 Å². The van der Waals surface area contributed by atoms with Crippen molar-refractivity contribution in [3.63, 3.8) is 0 Å². The minimum atomic E-state index is -0.356. The Morgan fingerprint density at radius 1 is 1.12 bits per heavy atom. The van der Waals surface area contributed by atoms with Crippen LogP contribution in [0.15, 0.2) is 48.7 Å². The van der Waals surface area contributed by atoms with Crippen molar-refractivity contribution in [1.82, 2.24) is 4.98 Å². The molecule has 0 spiro atoms. The fourth-order valence-electron chi connectivity index (χ4n) is 1.27. The third kappa shape index (κ3) is 3.46. The molecule has 2 N–H and O–H groups in total. The maximum Gasteiger partial charge on any atom is 0.324 e. The largest absolute Gasteiger partial charge is 0.324 e. The molecule has 0 aliphatic carbocycles. The molecular formula is C12H10ClN3O. The zero-order chi connectivity index (χ0) is 12.1. The first-order chi connectivity index (χ1) is 8.24. The van der Waals surface area contributed by atoms with Gasteiger partial charge in [-0.25, -0.2) is 9.78 Å². The van der Waals surface area contributed by atoms with Crippen molar-refractivity contribution in [2.45, 2.75) is 0 Å². The molecule has 5 heteroatoms. The molecule has 1 aromatic carbocycles. The SMILES string of the molecule is O=C(Nc1ccccc1)Nc1cc(Cl)ccn1. The molecule has 4 nitrogen and oxygen atoms in total. The van der Waals surface area contributed by atoms with E-state index in [2.05, 4.69) is 15.6 Å². The number of rotatable bonds is 2. The van der Waals surface area contributed by atoms with Gasteiger partial charge in [0.25, 0.3) is 0 Å². The average Bonchev–Trinajstić information content (AvgIpc) is 2.30. The lowest BCUT2D eigenvalue weighted by atomic mass is 10.3. The summed E-state index contributed by atoms with van der Waals surface area (Å²) in [6.07, 6.45) is 1.53. The van der Waals surface area contributed by atoms with E-state index in [1.165, 1.54) is 6.20 Å². The van der Waals surface area contributed by atoms with E-state index >= 15 is 0 Å². The summed E-state index contributed by atoms with van der Waals surface area (Å²) < 4.78 is 0. The molecule has 0 fully saturated rings. The third-order valence-corrected chi connectivity index (χ3v) is 2.23. The maximum absolute atomic E-state index is 11.6. The highest BCUT2D eigenvalue weighted by atomic mass is 35.5. The highest BCUT2D eigenvalue weighted by molar-refractivity contribution is 6.30. The second kappa shape index (κ2) is 5.32. The van der Waals surface area contributed by atoms with Crippen LogP contribution in [0.3, 0.4) is 0 Å². The van der Waals surface area contributed by atoms with Gasteiger partial charge in [-0.3, -0.25) is 5.32 Å². The number of hydrogen-bond donors (Lipinski definition) is 2. The standard InChI is InChI=1S/C12H10ClN3O/c13-9-6-7-14-11(8-9)16-12(17)15-10-4-2-1-3-5-10/h1-8H,(H2,14,15,16,17). The Morgan fingerprint density at radius 3 is 2.59 bits per heavy atom. The molecule has 2 rings (SSSR count). The lowest BCUT2D eigenvalue weighted by Crippen LogP contribution is -2.19. The van der Waals surface area contributed by atoms with Crippen LogP contribution < -0.4 is 10.6 Å². The van der Waals surface area contributed by atoms with Crippen LogP contribution in [-0.4, -0.2) is 11.0 Å². The topological polar surface area (TPSA) is 54.0 Å². The Bertz CT molecular complexity index is 516.